The van der Waals surface area contributed by atoms with Crippen LogP contribution >= 0.6 is 0 Å². The normalized spacial score (nSPS) is 13.4. The Kier molecular flexibility index (Phi) is 4.14. The lowest BCUT2D eigenvalue weighted by molar-refractivity contribution is 0.0996. The summed E-state index contributed by atoms with van der Waals surface area (Å²) in [5.74, 6) is -0.220. The Morgan fingerprint density at radius 2 is 2.07 bits per heavy atom. The van der Waals surface area contributed by atoms with E-state index in [-0.39, 0.29) is 23.9 Å². The average molecular weight is 395 g/mol. The summed E-state index contributed by atoms with van der Waals surface area (Å²) >= 11 is 0. The number of fused-ring (bicyclic) bond motifs is 1. The Labute approximate surface area is 159 Å². The van der Waals surface area contributed by atoms with Crippen LogP contribution in [0.2, 0.25) is 0 Å². The molecule has 1 aliphatic rings. The molecule has 3 aromatic heterocycles. The van der Waals surface area contributed by atoms with E-state index < -0.39 is 10.0 Å². The second-order valence-corrected chi connectivity index (χ2v) is 7.65. The molecule has 11 heteroatoms. The van der Waals surface area contributed by atoms with Crippen molar-refractivity contribution in [2.45, 2.75) is 18.0 Å². The van der Waals surface area contributed by atoms with Gasteiger partial charge in [-0.15, -0.1) is 0 Å². The van der Waals surface area contributed by atoms with E-state index >= 15 is 0 Å². The molecule has 0 radical (unpaired) electrons. The molecule has 0 atom stereocenters. The minimum absolute atomic E-state index is 0.0881. The highest BCUT2D eigenvalue weighted by Crippen LogP contribution is 2.29. The molecule has 0 aliphatic carbocycles. The van der Waals surface area contributed by atoms with E-state index in [2.05, 4.69) is 15.1 Å². The van der Waals surface area contributed by atoms with Crippen molar-refractivity contribution in [1.29, 1.82) is 5.26 Å². The van der Waals surface area contributed by atoms with Crippen LogP contribution in [0.3, 0.4) is 0 Å². The number of hydrogen-bond donors (Lipinski definition) is 1. The maximum atomic E-state index is 12.7. The van der Waals surface area contributed by atoms with Gasteiger partial charge in [0, 0.05) is 24.2 Å². The Bertz CT molecular complexity index is 1240. The summed E-state index contributed by atoms with van der Waals surface area (Å²) in [6.07, 6.45) is 5.77. The zero-order valence-corrected chi connectivity index (χ0v) is 15.2. The van der Waals surface area contributed by atoms with Crippen LogP contribution in [0.15, 0.2) is 47.9 Å². The number of carbonyl (C=O) groups excluding carboxylic acids is 1. The number of nitrogens with zero attached hydrogens (tertiary/aromatic N) is 6. The van der Waals surface area contributed by atoms with Crippen LogP contribution in [-0.4, -0.2) is 34.1 Å². The van der Waals surface area contributed by atoms with Gasteiger partial charge in [0.2, 0.25) is 10.0 Å². The minimum Gasteiger partial charge on any atom is -0.299 e. The average Bonchev–Trinajstić information content (AvgIpc) is 3.26. The molecule has 0 fully saturated rings. The predicted molar refractivity (Wildman–Crippen MR) is 97.2 cm³/mol. The van der Waals surface area contributed by atoms with E-state index in [4.69, 9.17) is 10.4 Å². The zero-order valence-electron chi connectivity index (χ0n) is 14.3. The molecule has 0 saturated heterocycles. The second kappa shape index (κ2) is 6.52. The van der Waals surface area contributed by atoms with Gasteiger partial charge in [0.05, 0.1) is 41.4 Å². The molecule has 1 amide bonds. The van der Waals surface area contributed by atoms with Gasteiger partial charge < -0.3 is 0 Å². The second-order valence-electron chi connectivity index (χ2n) is 6.09. The molecule has 0 saturated carbocycles. The Hall–Kier alpha value is -3.62. The van der Waals surface area contributed by atoms with Crippen molar-refractivity contribution in [2.75, 3.05) is 4.90 Å². The molecular weight excluding hydrogens is 382 g/mol. The molecule has 4 heterocycles. The summed E-state index contributed by atoms with van der Waals surface area (Å²) in [5.41, 5.74) is 2.52. The lowest BCUT2D eigenvalue weighted by Gasteiger charge is -2.11. The van der Waals surface area contributed by atoms with Crippen LogP contribution in [0.4, 0.5) is 5.69 Å². The Balaban J connectivity index is 1.67. The van der Waals surface area contributed by atoms with E-state index in [1.807, 2.05) is 6.07 Å². The molecule has 4 rings (SSSR count). The molecule has 3 aromatic rings. The maximum Gasteiger partial charge on any atom is 0.260 e. The number of pyridine rings is 2. The number of primary sulfonamides is 1. The van der Waals surface area contributed by atoms with Gasteiger partial charge in [-0.3, -0.25) is 24.3 Å². The van der Waals surface area contributed by atoms with Gasteiger partial charge in [0.1, 0.15) is 11.4 Å². The lowest BCUT2D eigenvalue weighted by Crippen LogP contribution is -2.22. The molecule has 0 unspecified atom stereocenters. The molecule has 1 aliphatic heterocycles. The van der Waals surface area contributed by atoms with E-state index in [0.717, 1.165) is 6.20 Å². The number of nitriles is 1. The standard InChI is InChI=1S/C17H13N7O3S/c18-3-4-23-9-12(7-21-23)24-10-16-14(17(24)25)1-2-15(22-16)11-5-13(8-20-6-11)28(19,26)27/h1-2,5-9H,4,10H2,(H2,19,26,27). The SMILES string of the molecule is N#CCn1cc(N2Cc3nc(-c4cncc(S(N)(=O)=O)c4)ccc3C2=O)cn1. The van der Waals surface area contributed by atoms with Crippen molar-refractivity contribution < 1.29 is 13.2 Å². The number of aromatic nitrogens is 4. The summed E-state index contributed by atoms with van der Waals surface area (Å²) in [4.78, 5) is 22.5. The van der Waals surface area contributed by atoms with Crippen LogP contribution in [0.5, 0.6) is 0 Å². The van der Waals surface area contributed by atoms with E-state index in [0.29, 0.717) is 28.2 Å². The smallest absolute Gasteiger partial charge is 0.260 e. The van der Waals surface area contributed by atoms with Crippen molar-refractivity contribution in [2.24, 2.45) is 5.14 Å². The number of nitrogens with two attached hydrogens (primary N) is 1. The first kappa shape index (κ1) is 17.8. The molecule has 140 valence electrons. The van der Waals surface area contributed by atoms with E-state index in [1.165, 1.54) is 28.0 Å². The monoisotopic (exact) mass is 395 g/mol. The summed E-state index contributed by atoms with van der Waals surface area (Å²) in [6.45, 7) is 0.327. The van der Waals surface area contributed by atoms with Crippen LogP contribution in [0, 0.1) is 11.3 Å². The molecule has 28 heavy (non-hydrogen) atoms. The largest absolute Gasteiger partial charge is 0.299 e. The quantitative estimate of drug-likeness (QED) is 0.682. The summed E-state index contributed by atoms with van der Waals surface area (Å²) in [6, 6.07) is 6.64. The van der Waals surface area contributed by atoms with Gasteiger partial charge in [-0.05, 0) is 18.2 Å². The molecule has 0 aromatic carbocycles. The van der Waals surface area contributed by atoms with Gasteiger partial charge in [0.25, 0.3) is 5.91 Å². The number of amides is 1. The fourth-order valence-corrected chi connectivity index (χ4v) is 3.42. The topological polar surface area (TPSA) is 148 Å². The van der Waals surface area contributed by atoms with Crippen molar-refractivity contribution in [3.05, 3.63) is 54.2 Å². The molecule has 2 N–H and O–H groups in total. The van der Waals surface area contributed by atoms with Crippen molar-refractivity contribution in [3.8, 4) is 17.3 Å². The maximum absolute atomic E-state index is 12.7. The molecule has 0 spiro atoms. The highest BCUT2D eigenvalue weighted by Gasteiger charge is 2.31. The molecule has 0 bridgehead atoms. The number of carbonyl (C=O) groups is 1. The van der Waals surface area contributed by atoms with E-state index in [9.17, 15) is 13.2 Å². The van der Waals surface area contributed by atoms with Gasteiger partial charge in [-0.25, -0.2) is 13.6 Å². The highest BCUT2D eigenvalue weighted by atomic mass is 32.2. The fraction of sp³-hybridized carbons (Fsp3) is 0.118. The van der Waals surface area contributed by atoms with Gasteiger partial charge in [-0.2, -0.15) is 10.4 Å². The van der Waals surface area contributed by atoms with Crippen LogP contribution in [-0.2, 0) is 23.1 Å². The third-order valence-electron chi connectivity index (χ3n) is 4.26. The molecular formula is C17H13N7O3S. The number of rotatable bonds is 4. The Morgan fingerprint density at radius 3 is 2.82 bits per heavy atom. The third-order valence-corrected chi connectivity index (χ3v) is 5.14. The first-order chi connectivity index (χ1) is 13.4. The van der Waals surface area contributed by atoms with Crippen molar-refractivity contribution in [1.82, 2.24) is 19.7 Å². The first-order valence-corrected chi connectivity index (χ1v) is 9.61. The Morgan fingerprint density at radius 1 is 1.25 bits per heavy atom. The number of sulfonamides is 1. The van der Waals surface area contributed by atoms with Crippen LogP contribution in [0.25, 0.3) is 11.3 Å². The fourth-order valence-electron chi connectivity index (χ4n) is 2.92. The van der Waals surface area contributed by atoms with Crippen LogP contribution in [0.1, 0.15) is 16.1 Å². The van der Waals surface area contributed by atoms with Crippen molar-refractivity contribution in [3.63, 3.8) is 0 Å². The lowest BCUT2D eigenvalue weighted by atomic mass is 10.1. The number of anilines is 1. The molecule has 10 nitrogen and oxygen atoms in total. The third kappa shape index (κ3) is 3.11. The predicted octanol–water partition coefficient (Wildman–Crippen LogP) is 0.671. The zero-order chi connectivity index (χ0) is 19.9. The van der Waals surface area contributed by atoms with Gasteiger partial charge in [-0.1, -0.05) is 0 Å². The summed E-state index contributed by atoms with van der Waals surface area (Å²) in [5, 5.41) is 17.9. The minimum atomic E-state index is -3.89. The van der Waals surface area contributed by atoms with Gasteiger partial charge >= 0.3 is 0 Å². The highest BCUT2D eigenvalue weighted by molar-refractivity contribution is 7.89. The number of hydrogen-bond acceptors (Lipinski definition) is 7. The summed E-state index contributed by atoms with van der Waals surface area (Å²) < 4.78 is 24.5. The van der Waals surface area contributed by atoms with Gasteiger partial charge in [0.15, 0.2) is 0 Å². The summed E-state index contributed by atoms with van der Waals surface area (Å²) in [7, 11) is -3.89. The van der Waals surface area contributed by atoms with Crippen molar-refractivity contribution >= 4 is 21.6 Å². The van der Waals surface area contributed by atoms with Crippen LogP contribution < -0.4 is 10.0 Å². The van der Waals surface area contributed by atoms with E-state index in [1.54, 1.807) is 18.3 Å². The first-order valence-electron chi connectivity index (χ1n) is 8.06.